The molecule has 0 saturated carbocycles. The van der Waals surface area contributed by atoms with Crippen LogP contribution in [-0.2, 0) is 6.54 Å². The Bertz CT molecular complexity index is 1010. The van der Waals surface area contributed by atoms with Crippen molar-refractivity contribution in [1.29, 1.82) is 0 Å². The third-order valence-electron chi connectivity index (χ3n) is 6.00. The second-order valence-electron chi connectivity index (χ2n) is 8.16. The Labute approximate surface area is 201 Å². The maximum Gasteiger partial charge on any atom is 0.193 e. The SMILES string of the molecule is CN=C(NCc1ccccc1-n1nc(C)cc1C)N1CCC(C)C(n2ccnc2)C1.I. The van der Waals surface area contributed by atoms with E-state index in [4.69, 9.17) is 0 Å². The first-order valence-electron chi connectivity index (χ1n) is 10.6. The molecule has 2 unspecified atom stereocenters. The summed E-state index contributed by atoms with van der Waals surface area (Å²) >= 11 is 0. The minimum atomic E-state index is 0. The lowest BCUT2D eigenvalue weighted by Gasteiger charge is -2.39. The molecule has 166 valence electrons. The molecule has 1 aliphatic rings. The van der Waals surface area contributed by atoms with E-state index in [1.165, 1.54) is 5.56 Å². The van der Waals surface area contributed by atoms with Gasteiger partial charge in [-0.2, -0.15) is 5.10 Å². The summed E-state index contributed by atoms with van der Waals surface area (Å²) in [5, 5.41) is 8.25. The Morgan fingerprint density at radius 3 is 2.74 bits per heavy atom. The van der Waals surface area contributed by atoms with Crippen molar-refractivity contribution in [3.63, 3.8) is 0 Å². The number of aryl methyl sites for hydroxylation is 2. The van der Waals surface area contributed by atoms with E-state index in [1.54, 1.807) is 0 Å². The van der Waals surface area contributed by atoms with E-state index in [1.807, 2.05) is 31.2 Å². The highest BCUT2D eigenvalue weighted by Crippen LogP contribution is 2.27. The van der Waals surface area contributed by atoms with Gasteiger partial charge in [0.05, 0.1) is 23.8 Å². The summed E-state index contributed by atoms with van der Waals surface area (Å²) in [4.78, 5) is 11.2. The Balaban J connectivity index is 0.00000272. The molecule has 1 fully saturated rings. The van der Waals surface area contributed by atoms with Gasteiger partial charge >= 0.3 is 0 Å². The molecule has 1 N–H and O–H groups in total. The van der Waals surface area contributed by atoms with Crippen molar-refractivity contribution < 1.29 is 0 Å². The molecule has 3 heterocycles. The lowest BCUT2D eigenvalue weighted by molar-refractivity contribution is 0.189. The molecule has 1 aliphatic heterocycles. The summed E-state index contributed by atoms with van der Waals surface area (Å²) in [5.41, 5.74) is 4.47. The third-order valence-corrected chi connectivity index (χ3v) is 6.00. The number of benzene rings is 1. The number of hydrogen-bond donors (Lipinski definition) is 1. The van der Waals surface area contributed by atoms with Gasteiger partial charge in [-0.25, -0.2) is 9.67 Å². The maximum absolute atomic E-state index is 4.66. The molecule has 3 aromatic rings. The largest absolute Gasteiger partial charge is 0.352 e. The highest BCUT2D eigenvalue weighted by molar-refractivity contribution is 14.0. The number of rotatable bonds is 4. The zero-order chi connectivity index (χ0) is 21.1. The first kappa shape index (κ1) is 23.3. The van der Waals surface area contributed by atoms with Gasteiger partial charge in [0.25, 0.3) is 0 Å². The molecule has 0 radical (unpaired) electrons. The molecule has 8 heteroatoms. The number of aromatic nitrogens is 4. The van der Waals surface area contributed by atoms with Crippen molar-refractivity contribution in [3.8, 4) is 5.69 Å². The van der Waals surface area contributed by atoms with E-state index in [9.17, 15) is 0 Å². The number of guanidine groups is 1. The number of piperidine rings is 1. The zero-order valence-corrected chi connectivity index (χ0v) is 21.0. The Kier molecular flexibility index (Phi) is 7.74. The first-order chi connectivity index (χ1) is 14.6. The van der Waals surface area contributed by atoms with E-state index in [-0.39, 0.29) is 24.0 Å². The van der Waals surface area contributed by atoms with Crippen LogP contribution in [0.3, 0.4) is 0 Å². The van der Waals surface area contributed by atoms with E-state index >= 15 is 0 Å². The third kappa shape index (κ3) is 5.11. The topological polar surface area (TPSA) is 63.3 Å². The van der Waals surface area contributed by atoms with Gasteiger partial charge in [-0.05, 0) is 43.9 Å². The van der Waals surface area contributed by atoms with Gasteiger partial charge in [0.1, 0.15) is 0 Å². The number of hydrogen-bond acceptors (Lipinski definition) is 3. The van der Waals surface area contributed by atoms with Crippen LogP contribution < -0.4 is 5.32 Å². The van der Waals surface area contributed by atoms with Crippen LogP contribution in [-0.4, -0.2) is 50.3 Å². The summed E-state index contributed by atoms with van der Waals surface area (Å²) in [7, 11) is 1.86. The fourth-order valence-electron chi connectivity index (χ4n) is 4.34. The first-order valence-corrected chi connectivity index (χ1v) is 10.6. The predicted molar refractivity (Wildman–Crippen MR) is 135 cm³/mol. The number of nitrogens with zero attached hydrogens (tertiary/aromatic N) is 6. The molecule has 1 saturated heterocycles. The minimum absolute atomic E-state index is 0. The highest BCUT2D eigenvalue weighted by Gasteiger charge is 2.28. The molecule has 31 heavy (non-hydrogen) atoms. The second kappa shape index (κ2) is 10.3. The van der Waals surface area contributed by atoms with E-state index in [2.05, 4.69) is 80.2 Å². The average Bonchev–Trinajstić information content (AvgIpc) is 3.39. The Morgan fingerprint density at radius 1 is 1.26 bits per heavy atom. The number of imidazole rings is 1. The molecule has 4 rings (SSSR count). The molecule has 7 nitrogen and oxygen atoms in total. The van der Waals surface area contributed by atoms with Crippen LogP contribution in [0, 0.1) is 19.8 Å². The summed E-state index contributed by atoms with van der Waals surface area (Å²) in [6.07, 6.45) is 6.97. The van der Waals surface area contributed by atoms with Crippen molar-refractivity contribution in [2.75, 3.05) is 20.1 Å². The number of likely N-dealkylation sites (tertiary alicyclic amines) is 1. The van der Waals surface area contributed by atoms with Gasteiger partial charge in [0.2, 0.25) is 0 Å². The zero-order valence-electron chi connectivity index (χ0n) is 18.7. The fraction of sp³-hybridized carbons (Fsp3) is 0.435. The standard InChI is InChI=1S/C23H31N7.HI/c1-17-9-11-28(15-22(17)29-12-10-25-16-29)23(24-4)26-14-20-7-5-6-8-21(20)30-19(3)13-18(2)27-30;/h5-8,10,12-13,16-17,22H,9,11,14-15H2,1-4H3,(H,24,26);1H. The Hall–Kier alpha value is -2.36. The number of halogens is 1. The molecule has 0 aliphatic carbocycles. The van der Waals surface area contributed by atoms with Gasteiger partial charge in [-0.15, -0.1) is 24.0 Å². The van der Waals surface area contributed by atoms with Gasteiger partial charge < -0.3 is 14.8 Å². The summed E-state index contributed by atoms with van der Waals surface area (Å²) in [6.45, 7) is 9.07. The van der Waals surface area contributed by atoms with Crippen LogP contribution in [0.2, 0.25) is 0 Å². The normalized spacial score (nSPS) is 19.2. The van der Waals surface area contributed by atoms with Crippen molar-refractivity contribution in [2.24, 2.45) is 10.9 Å². The molecular weight excluding hydrogens is 501 g/mol. The van der Waals surface area contributed by atoms with Crippen LogP contribution in [0.1, 0.15) is 36.3 Å². The van der Waals surface area contributed by atoms with Gasteiger partial charge in [-0.1, -0.05) is 25.1 Å². The second-order valence-corrected chi connectivity index (χ2v) is 8.16. The van der Waals surface area contributed by atoms with Crippen molar-refractivity contribution in [3.05, 3.63) is 66.0 Å². The predicted octanol–water partition coefficient (Wildman–Crippen LogP) is 3.96. The van der Waals surface area contributed by atoms with Crippen molar-refractivity contribution in [2.45, 2.75) is 39.8 Å². The lowest BCUT2D eigenvalue weighted by Crippen LogP contribution is -2.48. The molecule has 1 aromatic carbocycles. The van der Waals surface area contributed by atoms with Gasteiger partial charge in [-0.3, -0.25) is 4.99 Å². The monoisotopic (exact) mass is 533 g/mol. The number of aliphatic imine (C=N–C) groups is 1. The highest BCUT2D eigenvalue weighted by atomic mass is 127. The molecular formula is C23H32IN7. The smallest absolute Gasteiger partial charge is 0.193 e. The average molecular weight is 533 g/mol. The van der Waals surface area contributed by atoms with Crippen LogP contribution in [0.5, 0.6) is 0 Å². The molecule has 0 bridgehead atoms. The summed E-state index contributed by atoms with van der Waals surface area (Å²) < 4.78 is 4.25. The summed E-state index contributed by atoms with van der Waals surface area (Å²) in [6, 6.07) is 10.9. The van der Waals surface area contributed by atoms with Crippen LogP contribution in [0.4, 0.5) is 0 Å². The molecule has 2 aromatic heterocycles. The minimum Gasteiger partial charge on any atom is -0.352 e. The van der Waals surface area contributed by atoms with Crippen LogP contribution >= 0.6 is 24.0 Å². The number of nitrogens with one attached hydrogen (secondary N) is 1. The molecule has 0 amide bonds. The van der Waals surface area contributed by atoms with Crippen molar-refractivity contribution in [1.82, 2.24) is 29.5 Å². The molecule has 0 spiro atoms. The summed E-state index contributed by atoms with van der Waals surface area (Å²) in [5.74, 6) is 1.55. The van der Waals surface area contributed by atoms with Crippen LogP contribution in [0.25, 0.3) is 5.69 Å². The van der Waals surface area contributed by atoms with E-state index in [0.717, 1.165) is 42.5 Å². The lowest BCUT2D eigenvalue weighted by atomic mass is 9.93. The number of para-hydroxylation sites is 1. The fourth-order valence-corrected chi connectivity index (χ4v) is 4.34. The van der Waals surface area contributed by atoms with E-state index in [0.29, 0.717) is 18.5 Å². The van der Waals surface area contributed by atoms with Crippen molar-refractivity contribution >= 4 is 29.9 Å². The van der Waals surface area contributed by atoms with Gasteiger partial charge in [0, 0.05) is 44.8 Å². The molecule has 2 atom stereocenters. The van der Waals surface area contributed by atoms with Crippen LogP contribution in [0.15, 0.2) is 54.0 Å². The quantitative estimate of drug-likeness (QED) is 0.314. The van der Waals surface area contributed by atoms with Gasteiger partial charge in [0.15, 0.2) is 5.96 Å². The van der Waals surface area contributed by atoms with E-state index < -0.39 is 0 Å². The maximum atomic E-state index is 4.66. The Morgan fingerprint density at radius 2 is 2.06 bits per heavy atom.